The molecule has 1 aromatic heterocycles. The molecule has 0 saturated heterocycles. The summed E-state index contributed by atoms with van der Waals surface area (Å²) in [6, 6.07) is 4.69. The molecule has 0 atom stereocenters. The average molecular weight is 398 g/mol. The zero-order valence-corrected chi connectivity index (χ0v) is 16.4. The van der Waals surface area contributed by atoms with Gasteiger partial charge in [0.1, 0.15) is 11.5 Å². The summed E-state index contributed by atoms with van der Waals surface area (Å²) in [7, 11) is 3.17. The number of halogens is 2. The number of rotatable bonds is 9. The number of benzene rings is 1. The summed E-state index contributed by atoms with van der Waals surface area (Å²) in [5, 5.41) is 9.46. The van der Waals surface area contributed by atoms with Crippen molar-refractivity contribution in [1.29, 1.82) is 0 Å². The lowest BCUT2D eigenvalue weighted by Crippen LogP contribution is -2.38. The third-order valence-corrected chi connectivity index (χ3v) is 4.77. The lowest BCUT2D eigenvalue weighted by atomic mass is 10.2. The highest BCUT2D eigenvalue weighted by molar-refractivity contribution is 7.09. The smallest absolute Gasteiger partial charge is 0.387 e. The SMILES string of the molecule is CCc1nc(CCNC(=NC)NCc2cc(OC)ccc2OC(F)F)cs1. The van der Waals surface area contributed by atoms with Crippen molar-refractivity contribution in [3.05, 3.63) is 39.8 Å². The van der Waals surface area contributed by atoms with Gasteiger partial charge in [0.05, 0.1) is 17.8 Å². The van der Waals surface area contributed by atoms with Crippen LogP contribution in [0.1, 0.15) is 23.2 Å². The van der Waals surface area contributed by atoms with E-state index in [-0.39, 0.29) is 12.3 Å². The molecule has 0 aliphatic heterocycles. The maximum atomic E-state index is 12.6. The highest BCUT2D eigenvalue weighted by Crippen LogP contribution is 2.25. The van der Waals surface area contributed by atoms with E-state index in [1.165, 1.54) is 13.2 Å². The van der Waals surface area contributed by atoms with Crippen molar-refractivity contribution in [3.8, 4) is 11.5 Å². The number of hydrogen-bond acceptors (Lipinski definition) is 5. The van der Waals surface area contributed by atoms with Gasteiger partial charge in [-0.25, -0.2) is 4.98 Å². The number of alkyl halides is 2. The van der Waals surface area contributed by atoms with Gasteiger partial charge in [0.2, 0.25) is 0 Å². The summed E-state index contributed by atoms with van der Waals surface area (Å²) < 4.78 is 34.9. The molecule has 0 radical (unpaired) electrons. The van der Waals surface area contributed by atoms with Crippen LogP contribution in [0.2, 0.25) is 0 Å². The molecular formula is C18H24F2N4O2S. The second-order valence-electron chi connectivity index (χ2n) is 5.54. The normalized spacial score (nSPS) is 11.6. The highest BCUT2D eigenvalue weighted by Gasteiger charge is 2.11. The maximum absolute atomic E-state index is 12.6. The minimum atomic E-state index is -2.89. The summed E-state index contributed by atoms with van der Waals surface area (Å²) in [5.74, 6) is 1.22. The Balaban J connectivity index is 1.90. The Morgan fingerprint density at radius 1 is 1.33 bits per heavy atom. The van der Waals surface area contributed by atoms with Gasteiger partial charge >= 0.3 is 6.61 Å². The first-order chi connectivity index (χ1) is 13.0. The van der Waals surface area contributed by atoms with Crippen LogP contribution in [0.4, 0.5) is 8.78 Å². The highest BCUT2D eigenvalue weighted by atomic mass is 32.1. The van der Waals surface area contributed by atoms with Gasteiger partial charge in [-0.05, 0) is 24.6 Å². The van der Waals surface area contributed by atoms with Crippen molar-refractivity contribution in [3.63, 3.8) is 0 Å². The minimum Gasteiger partial charge on any atom is -0.497 e. The van der Waals surface area contributed by atoms with Crippen LogP contribution in [0.25, 0.3) is 0 Å². The van der Waals surface area contributed by atoms with E-state index in [9.17, 15) is 8.78 Å². The lowest BCUT2D eigenvalue weighted by Gasteiger charge is -2.15. The molecule has 148 valence electrons. The van der Waals surface area contributed by atoms with E-state index in [0.717, 1.165) is 23.5 Å². The predicted octanol–water partition coefficient (Wildman–Crippen LogP) is 3.22. The molecule has 0 aliphatic carbocycles. The van der Waals surface area contributed by atoms with E-state index >= 15 is 0 Å². The Morgan fingerprint density at radius 2 is 2.15 bits per heavy atom. The number of nitrogens with one attached hydrogen (secondary N) is 2. The summed E-state index contributed by atoms with van der Waals surface area (Å²) >= 11 is 1.66. The van der Waals surface area contributed by atoms with Crippen molar-refractivity contribution < 1.29 is 18.3 Å². The van der Waals surface area contributed by atoms with Gasteiger partial charge in [0.25, 0.3) is 0 Å². The van der Waals surface area contributed by atoms with E-state index in [2.05, 4.69) is 37.7 Å². The van der Waals surface area contributed by atoms with Gasteiger partial charge < -0.3 is 20.1 Å². The van der Waals surface area contributed by atoms with E-state index in [1.807, 2.05) is 0 Å². The van der Waals surface area contributed by atoms with E-state index in [0.29, 0.717) is 23.8 Å². The number of hydrogen-bond donors (Lipinski definition) is 2. The fourth-order valence-electron chi connectivity index (χ4n) is 2.37. The first-order valence-electron chi connectivity index (χ1n) is 8.55. The molecule has 9 heteroatoms. The van der Waals surface area contributed by atoms with Crippen LogP contribution in [0.3, 0.4) is 0 Å². The zero-order valence-electron chi connectivity index (χ0n) is 15.6. The van der Waals surface area contributed by atoms with Crippen LogP contribution in [-0.2, 0) is 19.4 Å². The Bertz CT molecular complexity index is 753. The number of nitrogens with zero attached hydrogens (tertiary/aromatic N) is 2. The molecule has 27 heavy (non-hydrogen) atoms. The summed E-state index contributed by atoms with van der Waals surface area (Å²) in [6.45, 7) is 0.110. The average Bonchev–Trinajstić information content (AvgIpc) is 3.13. The second kappa shape index (κ2) is 10.7. The Hall–Kier alpha value is -2.42. The molecule has 0 saturated carbocycles. The molecule has 0 fully saturated rings. The standard InChI is InChI=1S/C18H24F2N4O2S/c1-4-16-24-13(11-27-16)7-8-22-18(21-2)23-10-12-9-14(25-3)5-6-15(12)26-17(19)20/h5-6,9,11,17H,4,7-8,10H2,1-3H3,(H2,21,22,23). The maximum Gasteiger partial charge on any atom is 0.387 e. The molecule has 0 spiro atoms. The van der Waals surface area contributed by atoms with Crippen LogP contribution in [0, 0.1) is 0 Å². The molecule has 0 unspecified atom stereocenters. The monoisotopic (exact) mass is 398 g/mol. The molecule has 1 heterocycles. The molecule has 2 rings (SSSR count). The molecule has 2 aromatic rings. The van der Waals surface area contributed by atoms with Crippen molar-refractivity contribution in [2.75, 3.05) is 20.7 Å². The van der Waals surface area contributed by atoms with Crippen LogP contribution in [0.15, 0.2) is 28.6 Å². The molecule has 6 nitrogen and oxygen atoms in total. The number of ether oxygens (including phenoxy) is 2. The largest absolute Gasteiger partial charge is 0.497 e. The van der Waals surface area contributed by atoms with Gasteiger partial charge in [0, 0.05) is 37.5 Å². The molecule has 0 bridgehead atoms. The summed E-state index contributed by atoms with van der Waals surface area (Å²) in [5.41, 5.74) is 1.59. The third-order valence-electron chi connectivity index (χ3n) is 3.73. The van der Waals surface area contributed by atoms with Gasteiger partial charge in [-0.3, -0.25) is 4.99 Å². The molecule has 1 aromatic carbocycles. The van der Waals surface area contributed by atoms with Gasteiger partial charge in [-0.15, -0.1) is 11.3 Å². The van der Waals surface area contributed by atoms with Crippen molar-refractivity contribution >= 4 is 17.3 Å². The van der Waals surface area contributed by atoms with Crippen LogP contribution in [0.5, 0.6) is 11.5 Å². The fourth-order valence-corrected chi connectivity index (χ4v) is 3.15. The number of guanidine groups is 1. The van der Waals surface area contributed by atoms with Crippen LogP contribution < -0.4 is 20.1 Å². The Labute approximate surface area is 161 Å². The van der Waals surface area contributed by atoms with Crippen LogP contribution in [-0.4, -0.2) is 38.3 Å². The Morgan fingerprint density at radius 3 is 2.78 bits per heavy atom. The molecular weight excluding hydrogens is 374 g/mol. The topological polar surface area (TPSA) is 67.8 Å². The van der Waals surface area contributed by atoms with Crippen molar-refractivity contribution in [2.45, 2.75) is 32.9 Å². The molecule has 0 amide bonds. The quantitative estimate of drug-likeness (QED) is 0.501. The number of aromatic nitrogens is 1. The van der Waals surface area contributed by atoms with Gasteiger partial charge in [-0.2, -0.15) is 8.78 Å². The number of aliphatic imine (C=N–C) groups is 1. The van der Waals surface area contributed by atoms with E-state index < -0.39 is 6.61 Å². The van der Waals surface area contributed by atoms with Crippen molar-refractivity contribution in [2.24, 2.45) is 4.99 Å². The number of aryl methyl sites for hydroxylation is 1. The molecule has 0 aliphatic rings. The predicted molar refractivity (Wildman–Crippen MR) is 103 cm³/mol. The lowest BCUT2D eigenvalue weighted by molar-refractivity contribution is -0.0504. The van der Waals surface area contributed by atoms with E-state index in [4.69, 9.17) is 4.74 Å². The summed E-state index contributed by atoms with van der Waals surface area (Å²) in [4.78, 5) is 8.67. The van der Waals surface area contributed by atoms with E-state index in [1.54, 1.807) is 30.5 Å². The first-order valence-corrected chi connectivity index (χ1v) is 9.43. The Kier molecular flexibility index (Phi) is 8.25. The second-order valence-corrected chi connectivity index (χ2v) is 6.48. The number of thiazole rings is 1. The summed E-state index contributed by atoms with van der Waals surface area (Å²) in [6.07, 6.45) is 1.71. The number of methoxy groups -OCH3 is 1. The van der Waals surface area contributed by atoms with Crippen molar-refractivity contribution in [1.82, 2.24) is 15.6 Å². The first kappa shape index (κ1) is 20.9. The fraction of sp³-hybridized carbons (Fsp3) is 0.444. The zero-order chi connectivity index (χ0) is 19.6. The molecule has 2 N–H and O–H groups in total. The van der Waals surface area contributed by atoms with Crippen LogP contribution >= 0.6 is 11.3 Å². The third kappa shape index (κ3) is 6.67. The van der Waals surface area contributed by atoms with Gasteiger partial charge in [-0.1, -0.05) is 6.92 Å². The minimum absolute atomic E-state index is 0.100. The van der Waals surface area contributed by atoms with Gasteiger partial charge in [0.15, 0.2) is 5.96 Å².